The SMILES string of the molecule is N#[N+]/C=C(\O)C(CC(=O)c1ccccc1)CC(=O)c1ccccc1. The molecule has 0 unspecified atom stereocenters. The first-order chi connectivity index (χ1) is 11.6. The zero-order valence-corrected chi connectivity index (χ0v) is 13.0. The van der Waals surface area contributed by atoms with E-state index in [1.165, 1.54) is 0 Å². The molecular formula is C19H17N2O3+. The molecule has 0 aliphatic carbocycles. The van der Waals surface area contributed by atoms with Gasteiger partial charge in [0, 0.05) is 29.9 Å². The zero-order valence-electron chi connectivity index (χ0n) is 13.0. The lowest BCUT2D eigenvalue weighted by Crippen LogP contribution is -2.16. The summed E-state index contributed by atoms with van der Waals surface area (Å²) in [5, 5.41) is 18.6. The van der Waals surface area contributed by atoms with Gasteiger partial charge in [0.05, 0.1) is 0 Å². The number of nitrogens with zero attached hydrogens (tertiary/aromatic N) is 2. The normalized spacial score (nSPS) is 11.1. The molecule has 2 aromatic rings. The summed E-state index contributed by atoms with van der Waals surface area (Å²) in [6, 6.07) is 17.3. The number of carbonyl (C=O) groups is 2. The molecular weight excluding hydrogens is 304 g/mol. The minimum absolute atomic E-state index is 0.0551. The average molecular weight is 321 g/mol. The first-order valence-corrected chi connectivity index (χ1v) is 7.51. The van der Waals surface area contributed by atoms with E-state index in [9.17, 15) is 14.7 Å². The van der Waals surface area contributed by atoms with Crippen molar-refractivity contribution in [2.75, 3.05) is 0 Å². The van der Waals surface area contributed by atoms with Crippen molar-refractivity contribution in [1.29, 1.82) is 5.39 Å². The van der Waals surface area contributed by atoms with Crippen LogP contribution < -0.4 is 0 Å². The van der Waals surface area contributed by atoms with Gasteiger partial charge >= 0.3 is 6.20 Å². The second-order valence-electron chi connectivity index (χ2n) is 5.35. The van der Waals surface area contributed by atoms with Crippen LogP contribution in [0.1, 0.15) is 33.6 Å². The molecule has 0 spiro atoms. The van der Waals surface area contributed by atoms with Gasteiger partial charge in [-0.1, -0.05) is 60.7 Å². The standard InChI is InChI=1S/C19H16N2O3/c20-21-13-19(24)16(11-17(22)14-7-3-1-4-8-14)12-18(23)15-9-5-2-6-10-15/h1-10,13,16H,11-12H2/p+1/b19-13-. The number of Topliss-reactive ketones (excluding diaryl/α,β-unsaturated/α-hetero) is 2. The molecule has 24 heavy (non-hydrogen) atoms. The van der Waals surface area contributed by atoms with Crippen LogP contribution in [0.5, 0.6) is 0 Å². The van der Waals surface area contributed by atoms with Crippen molar-refractivity contribution in [2.45, 2.75) is 12.8 Å². The van der Waals surface area contributed by atoms with Crippen molar-refractivity contribution in [1.82, 2.24) is 0 Å². The number of rotatable bonds is 7. The maximum atomic E-state index is 12.3. The van der Waals surface area contributed by atoms with Gasteiger partial charge in [-0.15, -0.1) is 0 Å². The van der Waals surface area contributed by atoms with E-state index in [4.69, 9.17) is 5.39 Å². The summed E-state index contributed by atoms with van der Waals surface area (Å²) < 4.78 is 0. The van der Waals surface area contributed by atoms with Gasteiger partial charge in [-0.25, -0.2) is 0 Å². The Hall–Kier alpha value is -3.26. The van der Waals surface area contributed by atoms with Crippen LogP contribution in [0.15, 0.2) is 72.6 Å². The molecule has 5 nitrogen and oxygen atoms in total. The van der Waals surface area contributed by atoms with E-state index in [0.29, 0.717) is 11.1 Å². The van der Waals surface area contributed by atoms with Crippen molar-refractivity contribution in [3.8, 4) is 0 Å². The van der Waals surface area contributed by atoms with E-state index in [0.717, 1.165) is 6.20 Å². The minimum atomic E-state index is -0.749. The summed E-state index contributed by atoms with van der Waals surface area (Å²) in [5.41, 5.74) is 1.01. The quantitative estimate of drug-likeness (QED) is 0.465. The van der Waals surface area contributed by atoms with Gasteiger partial charge in [0.25, 0.3) is 0 Å². The van der Waals surface area contributed by atoms with Gasteiger partial charge in [-0.3, -0.25) is 9.59 Å². The highest BCUT2D eigenvalue weighted by Gasteiger charge is 2.25. The average Bonchev–Trinajstić information content (AvgIpc) is 2.62. The second kappa shape index (κ2) is 8.39. The van der Waals surface area contributed by atoms with E-state index >= 15 is 0 Å². The zero-order chi connectivity index (χ0) is 17.4. The molecule has 2 rings (SSSR count). The summed E-state index contributed by atoms with van der Waals surface area (Å²) in [4.78, 5) is 27.5. The number of carbonyl (C=O) groups excluding carboxylic acids is 2. The first kappa shape index (κ1) is 17.1. The highest BCUT2D eigenvalue weighted by atomic mass is 16.3. The Morgan fingerprint density at radius 3 is 1.71 bits per heavy atom. The highest BCUT2D eigenvalue weighted by molar-refractivity contribution is 5.98. The molecule has 0 amide bonds. The molecule has 1 N–H and O–H groups in total. The number of ketones is 2. The third kappa shape index (κ3) is 4.62. The maximum absolute atomic E-state index is 12.3. The summed E-state index contributed by atoms with van der Waals surface area (Å²) in [5.74, 6) is -1.44. The lowest BCUT2D eigenvalue weighted by atomic mass is 9.90. The van der Waals surface area contributed by atoms with Gasteiger partial charge in [0.15, 0.2) is 22.3 Å². The smallest absolute Gasteiger partial charge is 0.387 e. The third-order valence-corrected chi connectivity index (χ3v) is 3.66. The molecule has 0 aliphatic heterocycles. The van der Waals surface area contributed by atoms with E-state index in [1.54, 1.807) is 60.7 Å². The van der Waals surface area contributed by atoms with Crippen LogP contribution in [0.25, 0.3) is 4.98 Å². The van der Waals surface area contributed by atoms with Crippen molar-refractivity contribution in [2.24, 2.45) is 5.92 Å². The Morgan fingerprint density at radius 1 is 0.917 bits per heavy atom. The topological polar surface area (TPSA) is 82.5 Å². The largest absolute Gasteiger partial charge is 0.505 e. The van der Waals surface area contributed by atoms with Crippen molar-refractivity contribution >= 4 is 11.6 Å². The fourth-order valence-electron chi connectivity index (χ4n) is 2.38. The molecule has 0 saturated carbocycles. The summed E-state index contributed by atoms with van der Waals surface area (Å²) in [7, 11) is 0. The Balaban J connectivity index is 2.17. The fraction of sp³-hybridized carbons (Fsp3) is 0.158. The van der Waals surface area contributed by atoms with E-state index in [2.05, 4.69) is 4.98 Å². The number of benzene rings is 2. The summed E-state index contributed by atoms with van der Waals surface area (Å²) >= 11 is 0. The van der Waals surface area contributed by atoms with Crippen molar-refractivity contribution in [3.05, 3.63) is 88.7 Å². The van der Waals surface area contributed by atoms with E-state index in [1.807, 2.05) is 0 Å². The van der Waals surface area contributed by atoms with Gasteiger partial charge in [-0.05, 0) is 0 Å². The fourth-order valence-corrected chi connectivity index (χ4v) is 2.38. The Labute approximate surface area is 139 Å². The summed E-state index contributed by atoms with van der Waals surface area (Å²) in [6.45, 7) is 0. The molecule has 0 fully saturated rings. The second-order valence-corrected chi connectivity index (χ2v) is 5.35. The molecule has 0 radical (unpaired) electrons. The summed E-state index contributed by atoms with van der Waals surface area (Å²) in [6.07, 6.45) is 0.738. The van der Waals surface area contributed by atoms with Crippen molar-refractivity contribution < 1.29 is 14.7 Å². The molecule has 0 atom stereocenters. The minimum Gasteiger partial charge on any atom is -0.505 e. The van der Waals surface area contributed by atoms with Gasteiger partial charge in [0.1, 0.15) is 0 Å². The number of hydrogen-bond acceptors (Lipinski definition) is 4. The number of allylic oxidation sites excluding steroid dienone is 1. The third-order valence-electron chi connectivity index (χ3n) is 3.66. The Bertz CT molecular complexity index is 724. The van der Waals surface area contributed by atoms with E-state index in [-0.39, 0.29) is 30.2 Å². The lowest BCUT2D eigenvalue weighted by molar-refractivity contribution is 0.0915. The Kier molecular flexibility index (Phi) is 5.98. The number of aliphatic hydroxyl groups is 1. The van der Waals surface area contributed by atoms with Crippen LogP contribution in [0.2, 0.25) is 0 Å². The molecule has 0 saturated heterocycles. The Morgan fingerprint density at radius 2 is 1.33 bits per heavy atom. The maximum Gasteiger partial charge on any atom is 0.387 e. The molecule has 0 aromatic heterocycles. The van der Waals surface area contributed by atoms with Gasteiger partial charge in [-0.2, -0.15) is 0 Å². The molecule has 2 aromatic carbocycles. The highest BCUT2D eigenvalue weighted by Crippen LogP contribution is 2.22. The van der Waals surface area contributed by atoms with Crippen molar-refractivity contribution in [3.63, 3.8) is 0 Å². The number of hydrogen-bond donors (Lipinski definition) is 1. The van der Waals surface area contributed by atoms with Crippen LogP contribution >= 0.6 is 0 Å². The van der Waals surface area contributed by atoms with Crippen LogP contribution in [0.4, 0.5) is 0 Å². The van der Waals surface area contributed by atoms with E-state index < -0.39 is 5.92 Å². The first-order valence-electron chi connectivity index (χ1n) is 7.51. The number of diazo groups is 1. The lowest BCUT2D eigenvalue weighted by Gasteiger charge is -2.13. The van der Waals surface area contributed by atoms with Crippen LogP contribution in [-0.2, 0) is 0 Å². The predicted molar refractivity (Wildman–Crippen MR) is 90.1 cm³/mol. The predicted octanol–water partition coefficient (Wildman–Crippen LogP) is 4.40. The van der Waals surface area contributed by atoms with Crippen LogP contribution in [-0.4, -0.2) is 16.7 Å². The monoisotopic (exact) mass is 321 g/mol. The number of aliphatic hydroxyl groups excluding tert-OH is 1. The molecule has 5 heteroatoms. The van der Waals surface area contributed by atoms with Gasteiger partial charge in [0.2, 0.25) is 5.39 Å². The molecule has 0 aliphatic rings. The molecule has 0 heterocycles. The van der Waals surface area contributed by atoms with Crippen LogP contribution in [0, 0.1) is 11.3 Å². The van der Waals surface area contributed by atoms with Gasteiger partial charge < -0.3 is 5.11 Å². The molecule has 120 valence electrons. The molecule has 0 bridgehead atoms. The van der Waals surface area contributed by atoms with Crippen LogP contribution in [0.3, 0.4) is 0 Å².